The van der Waals surface area contributed by atoms with Crippen LogP contribution in [0.1, 0.15) is 25.5 Å². The maximum Gasteiger partial charge on any atom is 0.332 e. The summed E-state index contributed by atoms with van der Waals surface area (Å²) in [4.78, 5) is 41.3. The molecule has 1 amide bonds. The van der Waals surface area contributed by atoms with E-state index in [0.717, 1.165) is 10.1 Å². The Bertz CT molecular complexity index is 1090. The van der Waals surface area contributed by atoms with Crippen molar-refractivity contribution in [2.45, 2.75) is 26.4 Å². The summed E-state index contributed by atoms with van der Waals surface area (Å²) >= 11 is 0. The Hall–Kier alpha value is -3.16. The second kappa shape index (κ2) is 7.22. The van der Waals surface area contributed by atoms with E-state index in [9.17, 15) is 14.4 Å². The lowest BCUT2D eigenvalue weighted by Gasteiger charge is -2.23. The van der Waals surface area contributed by atoms with Crippen molar-refractivity contribution in [3.05, 3.63) is 63.1 Å². The van der Waals surface area contributed by atoms with Gasteiger partial charge in [0.05, 0.1) is 12.4 Å². The number of rotatable bonds is 5. The molecule has 1 N–H and O–H groups in total. The van der Waals surface area contributed by atoms with Crippen molar-refractivity contribution in [1.29, 1.82) is 0 Å². The Balaban J connectivity index is 1.90. The number of carbonyl (C=O) groups excluding carboxylic acids is 1. The number of amides is 1. The van der Waals surface area contributed by atoms with Gasteiger partial charge in [-0.3, -0.25) is 18.7 Å². The second-order valence-corrected chi connectivity index (χ2v) is 6.95. The Labute approximate surface area is 156 Å². The highest BCUT2D eigenvalue weighted by atomic mass is 16.2. The Morgan fingerprint density at radius 2 is 1.78 bits per heavy atom. The number of hydrogen-bond acceptors (Lipinski definition) is 4. The predicted molar refractivity (Wildman–Crippen MR) is 102 cm³/mol. The van der Waals surface area contributed by atoms with Crippen molar-refractivity contribution in [2.75, 3.05) is 0 Å². The third kappa shape index (κ3) is 3.42. The third-order valence-electron chi connectivity index (χ3n) is 4.67. The molecule has 0 bridgehead atoms. The van der Waals surface area contributed by atoms with Crippen molar-refractivity contribution in [3.63, 3.8) is 0 Å². The lowest BCUT2D eigenvalue weighted by molar-refractivity contribution is -0.122. The van der Waals surface area contributed by atoms with Crippen LogP contribution in [0.25, 0.3) is 11.2 Å². The van der Waals surface area contributed by atoms with Crippen LogP contribution in [0.4, 0.5) is 0 Å². The predicted octanol–water partition coefficient (Wildman–Crippen LogP) is 0.947. The van der Waals surface area contributed by atoms with Crippen LogP contribution in [-0.2, 0) is 25.4 Å². The molecule has 2 aromatic heterocycles. The van der Waals surface area contributed by atoms with Gasteiger partial charge < -0.3 is 9.88 Å². The smallest absolute Gasteiger partial charge is 0.332 e. The largest absolute Gasteiger partial charge is 0.347 e. The van der Waals surface area contributed by atoms with Crippen molar-refractivity contribution in [2.24, 2.45) is 20.0 Å². The number of imidazole rings is 1. The minimum Gasteiger partial charge on any atom is -0.347 e. The summed E-state index contributed by atoms with van der Waals surface area (Å²) in [5.74, 6) is -0.0302. The molecule has 0 saturated carbocycles. The van der Waals surface area contributed by atoms with Crippen LogP contribution in [0.2, 0.25) is 0 Å². The third-order valence-corrected chi connectivity index (χ3v) is 4.67. The second-order valence-electron chi connectivity index (χ2n) is 6.95. The number of aryl methyl sites for hydroxylation is 1. The van der Waals surface area contributed by atoms with Gasteiger partial charge in [0.1, 0.15) is 6.54 Å². The number of hydrogen-bond donors (Lipinski definition) is 1. The van der Waals surface area contributed by atoms with E-state index in [-0.39, 0.29) is 35.6 Å². The van der Waals surface area contributed by atoms with E-state index in [1.807, 2.05) is 44.2 Å². The van der Waals surface area contributed by atoms with Gasteiger partial charge in [-0.15, -0.1) is 0 Å². The van der Waals surface area contributed by atoms with Crippen molar-refractivity contribution in [1.82, 2.24) is 24.0 Å². The quantitative estimate of drug-likeness (QED) is 0.725. The summed E-state index contributed by atoms with van der Waals surface area (Å²) in [5, 5.41) is 3.03. The fourth-order valence-electron chi connectivity index (χ4n) is 3.19. The summed E-state index contributed by atoms with van der Waals surface area (Å²) in [6.45, 7) is 4.02. The van der Waals surface area contributed by atoms with Gasteiger partial charge in [-0.05, 0) is 11.5 Å². The van der Waals surface area contributed by atoms with Crippen molar-refractivity contribution in [3.8, 4) is 0 Å². The minimum atomic E-state index is -0.470. The summed E-state index contributed by atoms with van der Waals surface area (Å²) < 4.78 is 3.79. The molecule has 3 aromatic rings. The maximum absolute atomic E-state index is 12.7. The SMILES string of the molecule is CC(C)[C@@H](NC(=O)Cn1cnc2c1c(=O)n(C)c(=O)n2C)c1ccccc1. The van der Waals surface area contributed by atoms with E-state index in [1.165, 1.54) is 22.5 Å². The molecule has 0 radical (unpaired) electrons. The van der Waals surface area contributed by atoms with Gasteiger partial charge in [-0.1, -0.05) is 44.2 Å². The Morgan fingerprint density at radius 3 is 2.41 bits per heavy atom. The van der Waals surface area contributed by atoms with E-state index in [4.69, 9.17) is 0 Å². The number of fused-ring (bicyclic) bond motifs is 1. The highest BCUT2D eigenvalue weighted by molar-refractivity contribution is 5.79. The average molecular weight is 369 g/mol. The van der Waals surface area contributed by atoms with Gasteiger partial charge in [-0.25, -0.2) is 9.78 Å². The normalized spacial score (nSPS) is 12.5. The van der Waals surface area contributed by atoms with Crippen LogP contribution < -0.4 is 16.6 Å². The van der Waals surface area contributed by atoms with Gasteiger partial charge in [0.2, 0.25) is 5.91 Å². The van der Waals surface area contributed by atoms with Gasteiger partial charge >= 0.3 is 5.69 Å². The summed E-state index contributed by atoms with van der Waals surface area (Å²) in [6, 6.07) is 9.61. The van der Waals surface area contributed by atoms with Gasteiger partial charge in [-0.2, -0.15) is 0 Å². The zero-order valence-corrected chi connectivity index (χ0v) is 15.8. The van der Waals surface area contributed by atoms with E-state index in [2.05, 4.69) is 10.3 Å². The fraction of sp³-hybridized carbons (Fsp3) is 0.368. The molecule has 8 nitrogen and oxygen atoms in total. The van der Waals surface area contributed by atoms with E-state index >= 15 is 0 Å². The first-order chi connectivity index (χ1) is 12.8. The highest BCUT2D eigenvalue weighted by Gasteiger charge is 2.20. The molecule has 0 unspecified atom stereocenters. The fourth-order valence-corrected chi connectivity index (χ4v) is 3.19. The van der Waals surface area contributed by atoms with Gasteiger partial charge in [0, 0.05) is 14.1 Å². The molecule has 0 aliphatic rings. The summed E-state index contributed by atoms with van der Waals surface area (Å²) in [5.41, 5.74) is 0.595. The monoisotopic (exact) mass is 369 g/mol. The van der Waals surface area contributed by atoms with Crippen LogP contribution in [-0.4, -0.2) is 24.6 Å². The highest BCUT2D eigenvalue weighted by Crippen LogP contribution is 2.21. The maximum atomic E-state index is 12.7. The molecule has 0 fully saturated rings. The molecule has 0 saturated heterocycles. The van der Waals surface area contributed by atoms with Crippen LogP contribution >= 0.6 is 0 Å². The molecule has 2 heterocycles. The first-order valence-electron chi connectivity index (χ1n) is 8.76. The van der Waals surface area contributed by atoms with Gasteiger partial charge in [0.25, 0.3) is 5.56 Å². The molecule has 1 atom stereocenters. The lowest BCUT2D eigenvalue weighted by Crippen LogP contribution is -2.38. The molecule has 27 heavy (non-hydrogen) atoms. The molecule has 0 aliphatic heterocycles. The molecule has 0 spiro atoms. The zero-order valence-electron chi connectivity index (χ0n) is 15.8. The summed E-state index contributed by atoms with van der Waals surface area (Å²) in [7, 11) is 2.96. The first kappa shape index (κ1) is 18.6. The van der Waals surface area contributed by atoms with Crippen LogP contribution in [0.15, 0.2) is 46.2 Å². The molecule has 142 valence electrons. The Morgan fingerprint density at radius 1 is 1.11 bits per heavy atom. The topological polar surface area (TPSA) is 90.9 Å². The van der Waals surface area contributed by atoms with Crippen LogP contribution in [0.5, 0.6) is 0 Å². The molecular formula is C19H23N5O3. The number of aromatic nitrogens is 4. The first-order valence-corrected chi connectivity index (χ1v) is 8.76. The van der Waals surface area contributed by atoms with E-state index < -0.39 is 11.2 Å². The minimum absolute atomic E-state index is 0.0556. The van der Waals surface area contributed by atoms with Crippen molar-refractivity contribution < 1.29 is 4.79 Å². The van der Waals surface area contributed by atoms with Gasteiger partial charge in [0.15, 0.2) is 11.2 Å². The Kier molecular flexibility index (Phi) is 4.98. The van der Waals surface area contributed by atoms with Crippen molar-refractivity contribution >= 4 is 17.1 Å². The molecular weight excluding hydrogens is 346 g/mol. The van der Waals surface area contributed by atoms with Crippen LogP contribution in [0, 0.1) is 5.92 Å². The van der Waals surface area contributed by atoms with Crippen LogP contribution in [0.3, 0.4) is 0 Å². The standard InChI is InChI=1S/C19H23N5O3/c1-12(2)15(13-8-6-5-7-9-13)21-14(25)10-24-11-20-17-16(24)18(26)23(4)19(27)22(17)3/h5-9,11-12,15H,10H2,1-4H3,(H,21,25)/t15-/m1/s1. The number of nitrogens with zero attached hydrogens (tertiary/aromatic N) is 4. The van der Waals surface area contributed by atoms with E-state index in [1.54, 1.807) is 7.05 Å². The molecule has 0 aliphatic carbocycles. The molecule has 1 aromatic carbocycles. The van der Waals surface area contributed by atoms with E-state index in [0.29, 0.717) is 0 Å². The summed E-state index contributed by atoms with van der Waals surface area (Å²) in [6.07, 6.45) is 1.41. The number of carbonyl (C=O) groups is 1. The molecule has 3 rings (SSSR count). The lowest BCUT2D eigenvalue weighted by atomic mass is 9.96. The average Bonchev–Trinajstić information content (AvgIpc) is 3.06. The number of nitrogens with one attached hydrogen (secondary N) is 1. The number of benzene rings is 1. The zero-order chi connectivity index (χ0) is 19.7. The molecule has 8 heteroatoms.